The van der Waals surface area contributed by atoms with Gasteiger partial charge >= 0.3 is 5.97 Å². The Morgan fingerprint density at radius 3 is 2.14 bits per heavy atom. The van der Waals surface area contributed by atoms with Gasteiger partial charge in [0, 0.05) is 22.7 Å². The molecular weight excluding hydrogens is 408 g/mol. The molecule has 0 fully saturated rings. The van der Waals surface area contributed by atoms with Gasteiger partial charge in [-0.3, -0.25) is 14.4 Å². The first kappa shape index (κ1) is 21.5. The number of nitrogens with two attached hydrogens (primary N) is 1. The molecule has 0 aromatic heterocycles. The highest BCUT2D eigenvalue weighted by atomic mass is 35.5. The van der Waals surface area contributed by atoms with Crippen LogP contribution < -0.4 is 10.5 Å². The van der Waals surface area contributed by atoms with Crippen LogP contribution in [-0.2, 0) is 24.3 Å². The van der Waals surface area contributed by atoms with Gasteiger partial charge in [0.15, 0.2) is 12.4 Å². The van der Waals surface area contributed by atoms with Gasteiger partial charge < -0.3 is 10.1 Å². The third-order valence-electron chi connectivity index (χ3n) is 3.55. The molecule has 0 unspecified atom stereocenters. The number of Topliss-reactive ketones (excluding diaryl/α,β-unsaturated/α-hetero) is 1. The number of carbonyl (C=O) groups excluding carboxylic acids is 3. The molecule has 10 heteroatoms. The van der Waals surface area contributed by atoms with Crippen molar-refractivity contribution in [3.8, 4) is 0 Å². The number of esters is 1. The van der Waals surface area contributed by atoms with Crippen molar-refractivity contribution in [2.24, 2.45) is 5.14 Å². The zero-order valence-electron chi connectivity index (χ0n) is 14.6. The summed E-state index contributed by atoms with van der Waals surface area (Å²) < 4.78 is 27.1. The van der Waals surface area contributed by atoms with Crippen molar-refractivity contribution in [2.45, 2.75) is 17.7 Å². The maximum absolute atomic E-state index is 12.0. The summed E-state index contributed by atoms with van der Waals surface area (Å²) in [4.78, 5) is 35.3. The predicted octanol–water partition coefficient (Wildman–Crippen LogP) is 2.13. The Bertz CT molecular complexity index is 972. The fourth-order valence-electron chi connectivity index (χ4n) is 2.14. The highest BCUT2D eigenvalue weighted by Gasteiger charge is 2.13. The summed E-state index contributed by atoms with van der Waals surface area (Å²) in [5, 5.41) is 7.92. The lowest BCUT2D eigenvalue weighted by atomic mass is 10.1. The molecule has 0 aliphatic carbocycles. The van der Waals surface area contributed by atoms with E-state index in [1.165, 1.54) is 24.3 Å². The fraction of sp³-hybridized carbons (Fsp3) is 0.167. The van der Waals surface area contributed by atoms with E-state index in [2.05, 4.69) is 5.32 Å². The molecule has 0 heterocycles. The van der Waals surface area contributed by atoms with Gasteiger partial charge in [-0.2, -0.15) is 0 Å². The van der Waals surface area contributed by atoms with Crippen LogP contribution in [0.3, 0.4) is 0 Å². The quantitative estimate of drug-likeness (QED) is 0.492. The lowest BCUT2D eigenvalue weighted by Crippen LogP contribution is -2.21. The Morgan fingerprint density at radius 2 is 1.57 bits per heavy atom. The summed E-state index contributed by atoms with van der Waals surface area (Å²) in [6, 6.07) is 11.4. The first-order valence-corrected chi connectivity index (χ1v) is 9.94. The summed E-state index contributed by atoms with van der Waals surface area (Å²) >= 11 is 5.74. The average Bonchev–Trinajstić information content (AvgIpc) is 2.64. The number of ketones is 1. The summed E-state index contributed by atoms with van der Waals surface area (Å²) in [5.74, 6) is -1.55. The molecule has 0 saturated heterocycles. The number of anilines is 1. The third-order valence-corrected chi connectivity index (χ3v) is 4.73. The monoisotopic (exact) mass is 424 g/mol. The Morgan fingerprint density at radius 1 is 0.964 bits per heavy atom. The second-order valence-electron chi connectivity index (χ2n) is 5.71. The summed E-state index contributed by atoms with van der Waals surface area (Å²) in [5.41, 5.74) is 0.740. The number of benzene rings is 2. The summed E-state index contributed by atoms with van der Waals surface area (Å²) in [6.45, 7) is -0.537. The second kappa shape index (κ2) is 9.45. The van der Waals surface area contributed by atoms with Crippen LogP contribution in [0.25, 0.3) is 0 Å². The molecule has 0 spiro atoms. The van der Waals surface area contributed by atoms with Gasteiger partial charge in [0.2, 0.25) is 10.0 Å². The van der Waals surface area contributed by atoms with E-state index < -0.39 is 28.5 Å². The number of primary sulfonamides is 1. The standard InChI is InChI=1S/C18H17ClN2O6S/c19-13-3-1-12(2-4-13)16(22)9-10-18(24)27-11-17(23)21-14-5-7-15(8-6-14)28(20,25)26/h1-8H,9-11H2,(H,21,23)(H2,20,25,26). The molecule has 3 N–H and O–H groups in total. The van der Waals surface area contributed by atoms with E-state index in [-0.39, 0.29) is 23.5 Å². The van der Waals surface area contributed by atoms with Gasteiger partial charge in [0.25, 0.3) is 5.91 Å². The zero-order chi connectivity index (χ0) is 20.7. The van der Waals surface area contributed by atoms with Gasteiger partial charge in [-0.05, 0) is 48.5 Å². The zero-order valence-corrected chi connectivity index (χ0v) is 16.1. The van der Waals surface area contributed by atoms with Gasteiger partial charge in [-0.1, -0.05) is 11.6 Å². The maximum atomic E-state index is 12.0. The lowest BCUT2D eigenvalue weighted by Gasteiger charge is -2.07. The van der Waals surface area contributed by atoms with E-state index in [1.54, 1.807) is 24.3 Å². The molecule has 0 radical (unpaired) electrons. The molecule has 0 aliphatic rings. The number of rotatable bonds is 8. The van der Waals surface area contributed by atoms with Gasteiger partial charge in [-0.25, -0.2) is 13.6 Å². The minimum absolute atomic E-state index is 0.0584. The number of amides is 1. The number of halogens is 1. The van der Waals surface area contributed by atoms with Gasteiger partial charge in [0.1, 0.15) is 0 Å². The van der Waals surface area contributed by atoms with Crippen molar-refractivity contribution in [3.63, 3.8) is 0 Å². The Kier molecular flexibility index (Phi) is 7.27. The van der Waals surface area contributed by atoms with Crippen molar-refractivity contribution in [2.75, 3.05) is 11.9 Å². The third kappa shape index (κ3) is 6.76. The van der Waals surface area contributed by atoms with Crippen LogP contribution in [0.15, 0.2) is 53.4 Å². The largest absolute Gasteiger partial charge is 0.456 e. The van der Waals surface area contributed by atoms with Gasteiger partial charge in [-0.15, -0.1) is 0 Å². The second-order valence-corrected chi connectivity index (χ2v) is 7.71. The minimum Gasteiger partial charge on any atom is -0.456 e. The molecule has 0 atom stereocenters. The number of hydrogen-bond acceptors (Lipinski definition) is 6. The highest BCUT2D eigenvalue weighted by Crippen LogP contribution is 2.13. The molecule has 2 rings (SSSR count). The molecule has 148 valence electrons. The molecule has 2 aromatic carbocycles. The molecule has 0 saturated carbocycles. The smallest absolute Gasteiger partial charge is 0.306 e. The fourth-order valence-corrected chi connectivity index (χ4v) is 2.78. The van der Waals surface area contributed by atoms with Crippen LogP contribution in [0.2, 0.25) is 5.02 Å². The van der Waals surface area contributed by atoms with E-state index in [0.717, 1.165) is 0 Å². The molecule has 1 amide bonds. The first-order valence-electron chi connectivity index (χ1n) is 8.02. The van der Waals surface area contributed by atoms with Crippen LogP contribution in [0.1, 0.15) is 23.2 Å². The average molecular weight is 425 g/mol. The Hall–Kier alpha value is -2.75. The van der Waals surface area contributed by atoms with Crippen LogP contribution in [-0.4, -0.2) is 32.7 Å². The van der Waals surface area contributed by atoms with E-state index in [4.69, 9.17) is 21.5 Å². The van der Waals surface area contributed by atoms with Crippen LogP contribution >= 0.6 is 11.6 Å². The van der Waals surface area contributed by atoms with Crippen LogP contribution in [0.4, 0.5) is 5.69 Å². The number of hydrogen-bond donors (Lipinski definition) is 2. The Labute approximate surface area is 166 Å². The molecule has 0 aliphatic heterocycles. The topological polar surface area (TPSA) is 133 Å². The maximum Gasteiger partial charge on any atom is 0.306 e. The van der Waals surface area contributed by atoms with Crippen LogP contribution in [0.5, 0.6) is 0 Å². The molecule has 2 aromatic rings. The van der Waals surface area contributed by atoms with Crippen LogP contribution in [0, 0.1) is 0 Å². The number of ether oxygens (including phenoxy) is 1. The SMILES string of the molecule is NS(=O)(=O)c1ccc(NC(=O)COC(=O)CCC(=O)c2ccc(Cl)cc2)cc1. The summed E-state index contributed by atoms with van der Waals surface area (Å²) in [7, 11) is -3.82. The van der Waals surface area contributed by atoms with E-state index >= 15 is 0 Å². The lowest BCUT2D eigenvalue weighted by molar-refractivity contribution is -0.147. The molecular formula is C18H17ClN2O6S. The van der Waals surface area contributed by atoms with Crippen molar-refractivity contribution < 1.29 is 27.5 Å². The van der Waals surface area contributed by atoms with E-state index in [9.17, 15) is 22.8 Å². The normalized spacial score (nSPS) is 10.9. The van der Waals surface area contributed by atoms with E-state index in [1.807, 2.05) is 0 Å². The van der Waals surface area contributed by atoms with Crippen molar-refractivity contribution in [1.29, 1.82) is 0 Å². The minimum atomic E-state index is -3.82. The number of sulfonamides is 1. The Balaban J connectivity index is 1.75. The number of nitrogens with one attached hydrogen (secondary N) is 1. The highest BCUT2D eigenvalue weighted by molar-refractivity contribution is 7.89. The number of carbonyl (C=O) groups is 3. The van der Waals surface area contributed by atoms with Gasteiger partial charge in [0.05, 0.1) is 11.3 Å². The molecule has 28 heavy (non-hydrogen) atoms. The first-order chi connectivity index (χ1) is 13.1. The van der Waals surface area contributed by atoms with Crippen molar-refractivity contribution >= 4 is 45.0 Å². The summed E-state index contributed by atoms with van der Waals surface area (Å²) in [6.07, 6.45) is -0.227. The van der Waals surface area contributed by atoms with Crippen molar-refractivity contribution in [3.05, 3.63) is 59.1 Å². The predicted molar refractivity (Wildman–Crippen MR) is 102 cm³/mol. The van der Waals surface area contributed by atoms with Crippen molar-refractivity contribution in [1.82, 2.24) is 0 Å². The molecule has 8 nitrogen and oxygen atoms in total. The van der Waals surface area contributed by atoms with E-state index in [0.29, 0.717) is 16.3 Å². The molecule has 0 bridgehead atoms.